The van der Waals surface area contributed by atoms with Crippen LogP contribution in [-0.4, -0.2) is 49.2 Å². The molecule has 0 bridgehead atoms. The lowest BCUT2D eigenvalue weighted by atomic mass is 10.0. The molecule has 1 heterocycles. The second-order valence-electron chi connectivity index (χ2n) is 4.90. The Bertz CT molecular complexity index is 416. The monoisotopic (exact) mass is 276 g/mol. The lowest BCUT2D eigenvalue weighted by molar-refractivity contribution is -0.151. The number of hydrogen-bond acceptors (Lipinski definition) is 2. The predicted molar refractivity (Wildman–Crippen MR) is 64.3 cm³/mol. The number of halogens is 4. The smallest absolute Gasteiger partial charge is 0.297 e. The zero-order valence-corrected chi connectivity index (χ0v) is 10.6. The van der Waals surface area contributed by atoms with Crippen molar-refractivity contribution >= 4 is 0 Å². The Kier molecular flexibility index (Phi) is 4.10. The van der Waals surface area contributed by atoms with Gasteiger partial charge in [0.2, 0.25) is 0 Å². The molecule has 1 aliphatic rings. The van der Waals surface area contributed by atoms with Gasteiger partial charge in [0.05, 0.1) is 6.54 Å². The third-order valence-electron chi connectivity index (χ3n) is 3.39. The Morgan fingerprint density at radius 2 is 1.79 bits per heavy atom. The fourth-order valence-corrected chi connectivity index (χ4v) is 2.37. The molecule has 1 fully saturated rings. The maximum atomic E-state index is 12.9. The number of benzene rings is 1. The maximum Gasteiger partial charge on any atom is 0.401 e. The fraction of sp³-hybridized carbons (Fsp3) is 0.538. The van der Waals surface area contributed by atoms with Gasteiger partial charge < -0.3 is 0 Å². The van der Waals surface area contributed by atoms with Gasteiger partial charge >= 0.3 is 6.18 Å². The molecule has 2 nitrogen and oxygen atoms in total. The van der Waals surface area contributed by atoms with Gasteiger partial charge in [0.25, 0.3) is 0 Å². The summed E-state index contributed by atoms with van der Waals surface area (Å²) in [5, 5.41) is 0. The van der Waals surface area contributed by atoms with Crippen molar-refractivity contribution in [3.63, 3.8) is 0 Å². The highest BCUT2D eigenvalue weighted by Crippen LogP contribution is 2.26. The van der Waals surface area contributed by atoms with Crippen LogP contribution in [0.15, 0.2) is 24.3 Å². The first-order valence-corrected chi connectivity index (χ1v) is 6.10. The first kappa shape index (κ1) is 14.3. The molecule has 0 spiro atoms. The van der Waals surface area contributed by atoms with Crippen molar-refractivity contribution in [1.82, 2.24) is 9.80 Å². The number of rotatable bonds is 2. The topological polar surface area (TPSA) is 6.48 Å². The van der Waals surface area contributed by atoms with Crippen LogP contribution in [0.2, 0.25) is 0 Å². The molecule has 1 aromatic rings. The average molecular weight is 276 g/mol. The normalized spacial score (nSPS) is 22.7. The van der Waals surface area contributed by atoms with Gasteiger partial charge in [-0.3, -0.25) is 9.80 Å². The molecule has 1 aromatic carbocycles. The molecule has 0 aromatic heterocycles. The molecule has 0 radical (unpaired) electrons. The van der Waals surface area contributed by atoms with Crippen LogP contribution in [0.5, 0.6) is 0 Å². The van der Waals surface area contributed by atoms with E-state index in [0.29, 0.717) is 19.6 Å². The summed E-state index contributed by atoms with van der Waals surface area (Å²) >= 11 is 0. The average Bonchev–Trinajstić information content (AvgIpc) is 2.31. The van der Waals surface area contributed by atoms with Crippen LogP contribution in [0.3, 0.4) is 0 Å². The molecule has 1 saturated heterocycles. The minimum absolute atomic E-state index is 0.128. The summed E-state index contributed by atoms with van der Waals surface area (Å²) in [6, 6.07) is 5.82. The molecule has 0 aliphatic carbocycles. The van der Waals surface area contributed by atoms with Crippen molar-refractivity contribution in [2.24, 2.45) is 0 Å². The zero-order chi connectivity index (χ0) is 14.0. The van der Waals surface area contributed by atoms with Crippen molar-refractivity contribution in [2.45, 2.75) is 12.2 Å². The molecule has 19 heavy (non-hydrogen) atoms. The summed E-state index contributed by atoms with van der Waals surface area (Å²) in [5.74, 6) is -0.339. The third-order valence-corrected chi connectivity index (χ3v) is 3.39. The molecule has 106 valence electrons. The Balaban J connectivity index is 2.08. The summed E-state index contributed by atoms with van der Waals surface area (Å²) in [5.41, 5.74) is 0.843. The van der Waals surface area contributed by atoms with E-state index in [9.17, 15) is 17.6 Å². The molecule has 0 saturated carbocycles. The lowest BCUT2D eigenvalue weighted by Crippen LogP contribution is -2.49. The summed E-state index contributed by atoms with van der Waals surface area (Å²) in [6.07, 6.45) is -4.18. The molecule has 1 unspecified atom stereocenters. The summed E-state index contributed by atoms with van der Waals surface area (Å²) in [6.45, 7) is 0.381. The highest BCUT2D eigenvalue weighted by atomic mass is 19.4. The molecule has 0 amide bonds. The largest absolute Gasteiger partial charge is 0.401 e. The van der Waals surface area contributed by atoms with E-state index < -0.39 is 12.7 Å². The van der Waals surface area contributed by atoms with Crippen molar-refractivity contribution in [2.75, 3.05) is 33.2 Å². The van der Waals surface area contributed by atoms with Gasteiger partial charge in [0.1, 0.15) is 5.82 Å². The van der Waals surface area contributed by atoms with E-state index in [2.05, 4.69) is 0 Å². The Morgan fingerprint density at radius 3 is 2.37 bits per heavy atom. The van der Waals surface area contributed by atoms with Gasteiger partial charge in [-0.1, -0.05) is 12.1 Å². The molecule has 0 N–H and O–H groups in total. The second kappa shape index (κ2) is 5.46. The summed E-state index contributed by atoms with van der Waals surface area (Å²) in [4.78, 5) is 3.40. The van der Waals surface area contributed by atoms with E-state index in [1.54, 1.807) is 12.1 Å². The van der Waals surface area contributed by atoms with E-state index in [-0.39, 0.29) is 11.9 Å². The molecule has 6 heteroatoms. The SMILES string of the molecule is CN1CCN(CC(F)(F)F)CC1c1ccc(F)cc1. The van der Waals surface area contributed by atoms with E-state index >= 15 is 0 Å². The maximum absolute atomic E-state index is 12.9. The van der Waals surface area contributed by atoms with E-state index in [1.165, 1.54) is 17.0 Å². The highest BCUT2D eigenvalue weighted by molar-refractivity contribution is 5.21. The lowest BCUT2D eigenvalue weighted by Gasteiger charge is -2.39. The quantitative estimate of drug-likeness (QED) is 0.766. The van der Waals surface area contributed by atoms with Crippen molar-refractivity contribution < 1.29 is 17.6 Å². The first-order valence-electron chi connectivity index (χ1n) is 6.10. The number of alkyl halides is 3. The zero-order valence-electron chi connectivity index (χ0n) is 10.6. The third kappa shape index (κ3) is 3.91. The van der Waals surface area contributed by atoms with Gasteiger partial charge in [-0.25, -0.2) is 4.39 Å². The van der Waals surface area contributed by atoms with Crippen LogP contribution in [0.25, 0.3) is 0 Å². The van der Waals surface area contributed by atoms with Crippen LogP contribution >= 0.6 is 0 Å². The number of likely N-dealkylation sites (N-methyl/N-ethyl adjacent to an activating group) is 1. The van der Waals surface area contributed by atoms with Crippen molar-refractivity contribution in [1.29, 1.82) is 0 Å². The van der Waals surface area contributed by atoms with Gasteiger partial charge in [-0.05, 0) is 24.7 Å². The van der Waals surface area contributed by atoms with E-state index in [4.69, 9.17) is 0 Å². The van der Waals surface area contributed by atoms with Crippen LogP contribution in [0, 0.1) is 5.82 Å². The Morgan fingerprint density at radius 1 is 1.16 bits per heavy atom. The van der Waals surface area contributed by atoms with Crippen LogP contribution in [0.4, 0.5) is 17.6 Å². The van der Waals surface area contributed by atoms with Crippen molar-refractivity contribution in [3.8, 4) is 0 Å². The van der Waals surface area contributed by atoms with E-state index in [0.717, 1.165) is 5.56 Å². The van der Waals surface area contributed by atoms with Gasteiger partial charge in [-0.15, -0.1) is 0 Å². The summed E-state index contributed by atoms with van der Waals surface area (Å²) < 4.78 is 50.1. The molecule has 1 aliphatic heterocycles. The number of hydrogen-bond donors (Lipinski definition) is 0. The fourth-order valence-electron chi connectivity index (χ4n) is 2.37. The second-order valence-corrected chi connectivity index (χ2v) is 4.90. The molecular formula is C13H16F4N2. The van der Waals surface area contributed by atoms with E-state index in [1.807, 2.05) is 11.9 Å². The number of piperazine rings is 1. The first-order chi connectivity index (χ1) is 8.85. The van der Waals surface area contributed by atoms with Crippen molar-refractivity contribution in [3.05, 3.63) is 35.6 Å². The molecular weight excluding hydrogens is 260 g/mol. The van der Waals surface area contributed by atoms with Crippen LogP contribution in [0.1, 0.15) is 11.6 Å². The summed E-state index contributed by atoms with van der Waals surface area (Å²) in [7, 11) is 1.87. The highest BCUT2D eigenvalue weighted by Gasteiger charge is 2.34. The molecule has 2 rings (SSSR count). The minimum Gasteiger partial charge on any atom is -0.297 e. The van der Waals surface area contributed by atoms with Crippen LogP contribution in [-0.2, 0) is 0 Å². The van der Waals surface area contributed by atoms with Crippen LogP contribution < -0.4 is 0 Å². The number of nitrogens with zero attached hydrogens (tertiary/aromatic N) is 2. The standard InChI is InChI=1S/C13H16F4N2/c1-18-6-7-19(9-13(15,16)17)8-12(18)10-2-4-11(14)5-3-10/h2-5,12H,6-9H2,1H3. The molecule has 1 atom stereocenters. The Hall–Kier alpha value is -1.14. The van der Waals surface area contributed by atoms with Gasteiger partial charge in [0, 0.05) is 25.7 Å². The van der Waals surface area contributed by atoms with Gasteiger partial charge in [0.15, 0.2) is 0 Å². The van der Waals surface area contributed by atoms with Gasteiger partial charge in [-0.2, -0.15) is 13.2 Å². The minimum atomic E-state index is -4.18. The Labute approximate surface area is 109 Å². The predicted octanol–water partition coefficient (Wildman–Crippen LogP) is 2.68.